The van der Waals surface area contributed by atoms with Crippen LogP contribution in [0.2, 0.25) is 0 Å². The highest BCUT2D eigenvalue weighted by Crippen LogP contribution is 2.49. The van der Waals surface area contributed by atoms with Gasteiger partial charge in [-0.1, -0.05) is 123 Å². The fourth-order valence-electron chi connectivity index (χ4n) is 9.58. The highest BCUT2D eigenvalue weighted by molar-refractivity contribution is 6.14. The van der Waals surface area contributed by atoms with Crippen molar-refractivity contribution in [3.05, 3.63) is 181 Å². The van der Waals surface area contributed by atoms with Crippen LogP contribution in [0.25, 0.3) is 99.2 Å². The maximum atomic E-state index is 6.53. The van der Waals surface area contributed by atoms with Crippen LogP contribution < -0.4 is 0 Å². The SMILES string of the molecule is CC1(C)c2ccccc2-c2ccc(-n3c4ccccc4c4cc(-c5ccc6c(c5)c5ccccc5n6-c5cccc6c5oc5ccccc56)ccc43)cc21. The number of benzene rings is 8. The van der Waals surface area contributed by atoms with Crippen molar-refractivity contribution < 1.29 is 4.42 Å². The number of aromatic nitrogens is 2. The molecule has 1 aliphatic rings. The Morgan fingerprint density at radius 1 is 0.407 bits per heavy atom. The predicted octanol–water partition coefficient (Wildman–Crippen LogP) is 13.8. The number of hydrogen-bond donors (Lipinski definition) is 0. The Labute approximate surface area is 311 Å². The first-order valence-electron chi connectivity index (χ1n) is 18.8. The van der Waals surface area contributed by atoms with Crippen LogP contribution in [0.15, 0.2) is 174 Å². The molecule has 0 saturated carbocycles. The van der Waals surface area contributed by atoms with E-state index in [9.17, 15) is 0 Å². The lowest BCUT2D eigenvalue weighted by atomic mass is 9.82. The average molecular weight is 691 g/mol. The molecule has 0 fully saturated rings. The van der Waals surface area contributed by atoms with Crippen LogP contribution in [-0.4, -0.2) is 9.13 Å². The largest absolute Gasteiger partial charge is 0.454 e. The van der Waals surface area contributed by atoms with Gasteiger partial charge in [-0.25, -0.2) is 0 Å². The maximum absolute atomic E-state index is 6.53. The zero-order valence-electron chi connectivity index (χ0n) is 30.0. The highest BCUT2D eigenvalue weighted by atomic mass is 16.3. The molecule has 54 heavy (non-hydrogen) atoms. The number of furan rings is 1. The van der Waals surface area contributed by atoms with Gasteiger partial charge in [0.2, 0.25) is 0 Å². The molecule has 3 nitrogen and oxygen atoms in total. The lowest BCUT2D eigenvalue weighted by Crippen LogP contribution is -2.15. The van der Waals surface area contributed by atoms with Gasteiger partial charge in [0.15, 0.2) is 5.58 Å². The number of hydrogen-bond acceptors (Lipinski definition) is 1. The highest BCUT2D eigenvalue weighted by Gasteiger charge is 2.35. The topological polar surface area (TPSA) is 23.0 Å². The Kier molecular flexibility index (Phi) is 5.84. The van der Waals surface area contributed by atoms with Crippen LogP contribution in [0.5, 0.6) is 0 Å². The van der Waals surface area contributed by atoms with Gasteiger partial charge in [-0.15, -0.1) is 0 Å². The van der Waals surface area contributed by atoms with Crippen molar-refractivity contribution in [1.82, 2.24) is 9.13 Å². The van der Waals surface area contributed by atoms with E-state index < -0.39 is 0 Å². The standard InChI is InChI=1S/C51H34N2O/c1-51(2)42-17-7-3-12-34(42)35-25-24-33(30-43(35)51)52-44-18-8-4-13-36(44)40-28-31(22-26-46(40)52)32-23-27-47-41(29-32)37-14-5-9-19-45(37)53(47)48-20-11-16-39-38-15-6-10-21-49(38)54-50(39)48/h3-30H,1-2H3. The van der Waals surface area contributed by atoms with Crippen LogP contribution in [0.4, 0.5) is 0 Å². The van der Waals surface area contributed by atoms with Crippen LogP contribution in [0.3, 0.4) is 0 Å². The van der Waals surface area contributed by atoms with E-state index in [-0.39, 0.29) is 5.41 Å². The molecule has 0 aliphatic heterocycles. The molecule has 0 bridgehead atoms. The van der Waals surface area contributed by atoms with Crippen LogP contribution in [0.1, 0.15) is 25.0 Å². The van der Waals surface area contributed by atoms with Crippen molar-refractivity contribution in [2.75, 3.05) is 0 Å². The smallest absolute Gasteiger partial charge is 0.159 e. The van der Waals surface area contributed by atoms with Crippen LogP contribution in [0, 0.1) is 0 Å². The third kappa shape index (κ3) is 3.91. The lowest BCUT2D eigenvalue weighted by Gasteiger charge is -2.22. The monoisotopic (exact) mass is 690 g/mol. The third-order valence-electron chi connectivity index (χ3n) is 12.1. The van der Waals surface area contributed by atoms with Crippen molar-refractivity contribution in [1.29, 1.82) is 0 Å². The second-order valence-electron chi connectivity index (χ2n) is 15.3. The summed E-state index contributed by atoms with van der Waals surface area (Å²) in [6, 6.07) is 62.2. The molecule has 3 heterocycles. The van der Waals surface area contributed by atoms with Crippen molar-refractivity contribution in [2.24, 2.45) is 0 Å². The van der Waals surface area contributed by atoms with E-state index in [1.54, 1.807) is 0 Å². The minimum absolute atomic E-state index is 0.0613. The zero-order valence-corrected chi connectivity index (χ0v) is 30.0. The number of nitrogens with zero attached hydrogens (tertiary/aromatic N) is 2. The van der Waals surface area contributed by atoms with Gasteiger partial charge >= 0.3 is 0 Å². The van der Waals surface area contributed by atoms with Crippen molar-refractivity contribution in [2.45, 2.75) is 19.3 Å². The molecule has 3 heteroatoms. The molecule has 3 aromatic heterocycles. The molecule has 0 unspecified atom stereocenters. The van der Waals surface area contributed by atoms with Gasteiger partial charge < -0.3 is 13.6 Å². The van der Waals surface area contributed by atoms with E-state index in [0.717, 1.165) is 38.7 Å². The van der Waals surface area contributed by atoms with Crippen molar-refractivity contribution in [3.8, 4) is 33.6 Å². The summed E-state index contributed by atoms with van der Waals surface area (Å²) < 4.78 is 11.3. The molecule has 0 spiro atoms. The van der Waals surface area contributed by atoms with Gasteiger partial charge in [0.05, 0.1) is 27.8 Å². The lowest BCUT2D eigenvalue weighted by molar-refractivity contribution is 0.660. The molecule has 8 aromatic carbocycles. The number of rotatable bonds is 3. The minimum Gasteiger partial charge on any atom is -0.454 e. The number of para-hydroxylation sites is 4. The van der Waals surface area contributed by atoms with Gasteiger partial charge in [0.1, 0.15) is 5.58 Å². The Bertz CT molecular complexity index is 3370. The summed E-state index contributed by atoms with van der Waals surface area (Å²) in [4.78, 5) is 0. The van der Waals surface area contributed by atoms with Crippen LogP contribution >= 0.6 is 0 Å². The van der Waals surface area contributed by atoms with Gasteiger partial charge in [-0.3, -0.25) is 0 Å². The summed E-state index contributed by atoms with van der Waals surface area (Å²) in [6.45, 7) is 4.71. The number of fused-ring (bicyclic) bond motifs is 12. The Hall–Kier alpha value is -6.84. The Balaban J connectivity index is 1.03. The van der Waals surface area contributed by atoms with E-state index in [0.29, 0.717) is 0 Å². The van der Waals surface area contributed by atoms with Crippen LogP contribution in [-0.2, 0) is 5.41 Å². The first kappa shape index (κ1) is 29.7. The summed E-state index contributed by atoms with van der Waals surface area (Å²) in [7, 11) is 0. The van der Waals surface area contributed by atoms with E-state index in [4.69, 9.17) is 4.42 Å². The third-order valence-corrected chi connectivity index (χ3v) is 12.1. The molecule has 0 radical (unpaired) electrons. The molecule has 12 rings (SSSR count). The molecule has 11 aromatic rings. The fourth-order valence-corrected chi connectivity index (χ4v) is 9.58. The summed E-state index contributed by atoms with van der Waals surface area (Å²) in [5, 5.41) is 7.23. The van der Waals surface area contributed by atoms with Crippen molar-refractivity contribution >= 4 is 65.6 Å². The summed E-state index contributed by atoms with van der Waals surface area (Å²) in [5.41, 5.74) is 16.6. The zero-order chi connectivity index (χ0) is 35.7. The first-order chi connectivity index (χ1) is 26.5. The Morgan fingerprint density at radius 3 is 1.74 bits per heavy atom. The fraction of sp³-hybridized carbons (Fsp3) is 0.0588. The van der Waals surface area contributed by atoms with E-state index in [1.165, 1.54) is 71.6 Å². The van der Waals surface area contributed by atoms with Crippen molar-refractivity contribution in [3.63, 3.8) is 0 Å². The van der Waals surface area contributed by atoms with Gasteiger partial charge in [0.25, 0.3) is 0 Å². The molecular weight excluding hydrogens is 657 g/mol. The van der Waals surface area contributed by atoms with Gasteiger partial charge in [-0.2, -0.15) is 0 Å². The second-order valence-corrected chi connectivity index (χ2v) is 15.3. The Morgan fingerprint density at radius 2 is 0.981 bits per heavy atom. The summed E-state index contributed by atoms with van der Waals surface area (Å²) in [6.07, 6.45) is 0. The minimum atomic E-state index is -0.0613. The van der Waals surface area contributed by atoms with E-state index in [2.05, 4.69) is 187 Å². The van der Waals surface area contributed by atoms with E-state index in [1.807, 2.05) is 6.07 Å². The molecule has 0 saturated heterocycles. The average Bonchev–Trinajstić information content (AvgIpc) is 3.93. The quantitative estimate of drug-likeness (QED) is 0.181. The normalized spacial score (nSPS) is 13.5. The summed E-state index contributed by atoms with van der Waals surface area (Å²) >= 11 is 0. The maximum Gasteiger partial charge on any atom is 0.159 e. The molecular formula is C51H34N2O. The summed E-state index contributed by atoms with van der Waals surface area (Å²) in [5.74, 6) is 0. The second kappa shape index (κ2) is 10.6. The van der Waals surface area contributed by atoms with Gasteiger partial charge in [-0.05, 0) is 94.0 Å². The van der Waals surface area contributed by atoms with E-state index >= 15 is 0 Å². The molecule has 0 N–H and O–H groups in total. The molecule has 0 atom stereocenters. The molecule has 1 aliphatic carbocycles. The molecule has 0 amide bonds. The van der Waals surface area contributed by atoms with Gasteiger partial charge in [0, 0.05) is 43.4 Å². The predicted molar refractivity (Wildman–Crippen MR) is 225 cm³/mol. The first-order valence-corrected chi connectivity index (χ1v) is 18.8. The molecule has 254 valence electrons.